The van der Waals surface area contributed by atoms with Gasteiger partial charge in [0.1, 0.15) is 0 Å². The van der Waals surface area contributed by atoms with Crippen molar-refractivity contribution in [2.75, 3.05) is 7.11 Å². The summed E-state index contributed by atoms with van der Waals surface area (Å²) in [6.45, 7) is 3.66. The zero-order valence-electron chi connectivity index (χ0n) is 7.92. The molecule has 0 saturated heterocycles. The number of esters is 1. The highest BCUT2D eigenvalue weighted by Crippen LogP contribution is 2.14. The van der Waals surface area contributed by atoms with Crippen LogP contribution in [-0.4, -0.2) is 13.1 Å². The summed E-state index contributed by atoms with van der Waals surface area (Å²) >= 11 is 3.36. The van der Waals surface area contributed by atoms with E-state index in [9.17, 15) is 4.79 Å². The number of hydrogen-bond donors (Lipinski definition) is 0. The molecule has 0 N–H and O–H groups in total. The molecule has 0 amide bonds. The summed E-state index contributed by atoms with van der Waals surface area (Å²) < 4.78 is 5.56. The van der Waals surface area contributed by atoms with Crippen LogP contribution >= 0.6 is 15.9 Å². The van der Waals surface area contributed by atoms with Gasteiger partial charge in [0.2, 0.25) is 0 Å². The summed E-state index contributed by atoms with van der Waals surface area (Å²) in [5, 5.41) is 0. The van der Waals surface area contributed by atoms with Gasteiger partial charge in [-0.15, -0.1) is 0 Å². The molecular weight excluding hydrogens is 244 g/mol. The molecule has 0 atom stereocenters. The van der Waals surface area contributed by atoms with E-state index in [4.69, 9.17) is 0 Å². The number of carbonyl (C=O) groups is 1. The minimum absolute atomic E-state index is 0.357. The Balaban J connectivity index is 2.70. The average molecular weight is 255 g/mol. The Bertz CT molecular complexity index is 358. The molecule has 74 valence electrons. The van der Waals surface area contributed by atoms with Crippen LogP contribution in [0.4, 0.5) is 0 Å². The van der Waals surface area contributed by atoms with Crippen LogP contribution in [0.3, 0.4) is 0 Å². The molecule has 0 aliphatic rings. The molecule has 1 aromatic carbocycles. The molecule has 1 aromatic rings. The van der Waals surface area contributed by atoms with Gasteiger partial charge in [0.15, 0.2) is 0 Å². The topological polar surface area (TPSA) is 26.3 Å². The van der Waals surface area contributed by atoms with Crippen molar-refractivity contribution in [2.24, 2.45) is 0 Å². The maximum atomic E-state index is 11.1. The molecule has 0 heterocycles. The standard InChI is InChI=1S/C11H11BrO2/c1-8(11(13)14-2)6-9-4-3-5-10(12)7-9/h3-5,7H,1,6H2,2H3. The number of ether oxygens (including phenoxy) is 1. The van der Waals surface area contributed by atoms with Gasteiger partial charge in [-0.25, -0.2) is 4.79 Å². The molecule has 0 bridgehead atoms. The highest BCUT2D eigenvalue weighted by atomic mass is 79.9. The Kier molecular flexibility index (Phi) is 3.89. The van der Waals surface area contributed by atoms with Crippen molar-refractivity contribution in [3.63, 3.8) is 0 Å². The zero-order valence-corrected chi connectivity index (χ0v) is 9.50. The van der Waals surface area contributed by atoms with Crippen LogP contribution in [0, 0.1) is 0 Å². The van der Waals surface area contributed by atoms with Crippen molar-refractivity contribution in [2.45, 2.75) is 6.42 Å². The van der Waals surface area contributed by atoms with E-state index < -0.39 is 0 Å². The lowest BCUT2D eigenvalue weighted by Crippen LogP contribution is -2.05. The second-order valence-corrected chi connectivity index (χ2v) is 3.82. The summed E-state index contributed by atoms with van der Waals surface area (Å²) in [6.07, 6.45) is 0.520. The molecule has 0 unspecified atom stereocenters. The van der Waals surface area contributed by atoms with Gasteiger partial charge in [0.25, 0.3) is 0 Å². The van der Waals surface area contributed by atoms with Crippen molar-refractivity contribution in [3.05, 3.63) is 46.5 Å². The number of rotatable bonds is 3. The second kappa shape index (κ2) is 4.96. The fourth-order valence-corrected chi connectivity index (χ4v) is 1.56. The van der Waals surface area contributed by atoms with Gasteiger partial charge in [-0.1, -0.05) is 34.6 Å². The van der Waals surface area contributed by atoms with Crippen LogP contribution in [0.25, 0.3) is 0 Å². The van der Waals surface area contributed by atoms with Crippen molar-refractivity contribution >= 4 is 21.9 Å². The van der Waals surface area contributed by atoms with E-state index in [0.29, 0.717) is 12.0 Å². The lowest BCUT2D eigenvalue weighted by molar-refractivity contribution is -0.136. The van der Waals surface area contributed by atoms with Gasteiger partial charge in [0, 0.05) is 16.5 Å². The van der Waals surface area contributed by atoms with Crippen molar-refractivity contribution in [1.82, 2.24) is 0 Å². The molecule has 2 nitrogen and oxygen atoms in total. The summed E-state index contributed by atoms with van der Waals surface area (Å²) in [5.41, 5.74) is 1.50. The summed E-state index contributed by atoms with van der Waals surface area (Å²) in [4.78, 5) is 11.1. The van der Waals surface area contributed by atoms with E-state index in [2.05, 4.69) is 27.2 Å². The van der Waals surface area contributed by atoms with Gasteiger partial charge in [0.05, 0.1) is 7.11 Å². The third-order valence-electron chi connectivity index (χ3n) is 1.78. The van der Waals surface area contributed by atoms with E-state index in [0.717, 1.165) is 10.0 Å². The monoisotopic (exact) mass is 254 g/mol. The Labute approximate surface area is 91.7 Å². The first kappa shape index (κ1) is 11.0. The van der Waals surface area contributed by atoms with Crippen LogP contribution < -0.4 is 0 Å². The predicted molar refractivity (Wildman–Crippen MR) is 59.0 cm³/mol. The van der Waals surface area contributed by atoms with E-state index in [1.54, 1.807) is 0 Å². The molecule has 0 aliphatic heterocycles. The molecule has 0 saturated carbocycles. The molecular formula is C11H11BrO2. The van der Waals surface area contributed by atoms with Gasteiger partial charge in [-0.2, -0.15) is 0 Å². The van der Waals surface area contributed by atoms with Crippen LogP contribution in [0.15, 0.2) is 40.9 Å². The fourth-order valence-electron chi connectivity index (χ4n) is 1.11. The largest absolute Gasteiger partial charge is 0.466 e. The Morgan fingerprint density at radius 3 is 2.86 bits per heavy atom. The first-order chi connectivity index (χ1) is 6.63. The minimum atomic E-state index is -0.357. The lowest BCUT2D eigenvalue weighted by atomic mass is 10.1. The molecule has 0 radical (unpaired) electrons. The average Bonchev–Trinajstić information content (AvgIpc) is 2.16. The molecule has 14 heavy (non-hydrogen) atoms. The molecule has 0 aliphatic carbocycles. The van der Waals surface area contributed by atoms with Gasteiger partial charge < -0.3 is 4.74 Å². The van der Waals surface area contributed by atoms with E-state index in [-0.39, 0.29) is 5.97 Å². The van der Waals surface area contributed by atoms with Crippen molar-refractivity contribution in [3.8, 4) is 0 Å². The highest BCUT2D eigenvalue weighted by molar-refractivity contribution is 9.10. The van der Waals surface area contributed by atoms with Crippen LogP contribution in [-0.2, 0) is 16.0 Å². The summed E-state index contributed by atoms with van der Waals surface area (Å²) in [7, 11) is 1.36. The van der Waals surface area contributed by atoms with Gasteiger partial charge >= 0.3 is 5.97 Å². The molecule has 0 aromatic heterocycles. The van der Waals surface area contributed by atoms with Crippen LogP contribution in [0.2, 0.25) is 0 Å². The Morgan fingerprint density at radius 1 is 1.57 bits per heavy atom. The quantitative estimate of drug-likeness (QED) is 0.613. The molecule has 0 fully saturated rings. The maximum Gasteiger partial charge on any atom is 0.333 e. The van der Waals surface area contributed by atoms with Crippen LogP contribution in [0.1, 0.15) is 5.56 Å². The minimum Gasteiger partial charge on any atom is -0.466 e. The van der Waals surface area contributed by atoms with Crippen molar-refractivity contribution in [1.29, 1.82) is 0 Å². The first-order valence-corrected chi connectivity index (χ1v) is 4.93. The summed E-state index contributed by atoms with van der Waals surface area (Å²) in [6, 6.07) is 7.75. The smallest absolute Gasteiger partial charge is 0.333 e. The maximum absolute atomic E-state index is 11.1. The molecule has 1 rings (SSSR count). The normalized spacial score (nSPS) is 9.57. The number of methoxy groups -OCH3 is 1. The fraction of sp³-hybridized carbons (Fsp3) is 0.182. The van der Waals surface area contributed by atoms with Crippen LogP contribution in [0.5, 0.6) is 0 Å². The SMILES string of the molecule is C=C(Cc1cccc(Br)c1)C(=O)OC. The highest BCUT2D eigenvalue weighted by Gasteiger charge is 2.07. The Hall–Kier alpha value is -1.09. The van der Waals surface area contributed by atoms with Crippen molar-refractivity contribution < 1.29 is 9.53 Å². The Morgan fingerprint density at radius 2 is 2.29 bits per heavy atom. The van der Waals surface area contributed by atoms with Gasteiger partial charge in [-0.3, -0.25) is 0 Å². The lowest BCUT2D eigenvalue weighted by Gasteiger charge is -2.03. The third-order valence-corrected chi connectivity index (χ3v) is 2.27. The van der Waals surface area contributed by atoms with E-state index in [1.165, 1.54) is 7.11 Å². The first-order valence-electron chi connectivity index (χ1n) is 4.14. The third kappa shape index (κ3) is 3.00. The number of hydrogen-bond acceptors (Lipinski definition) is 2. The zero-order chi connectivity index (χ0) is 10.6. The van der Waals surface area contributed by atoms with Gasteiger partial charge in [-0.05, 0) is 17.7 Å². The second-order valence-electron chi connectivity index (χ2n) is 2.90. The number of halogens is 1. The number of benzene rings is 1. The molecule has 3 heteroatoms. The molecule has 0 spiro atoms. The van der Waals surface area contributed by atoms with E-state index >= 15 is 0 Å². The number of carbonyl (C=O) groups excluding carboxylic acids is 1. The van der Waals surface area contributed by atoms with E-state index in [1.807, 2.05) is 24.3 Å². The predicted octanol–water partition coefficient (Wildman–Crippen LogP) is 2.72. The summed E-state index contributed by atoms with van der Waals surface area (Å²) in [5.74, 6) is -0.357.